The van der Waals surface area contributed by atoms with Crippen molar-refractivity contribution in [2.75, 3.05) is 0 Å². The molecule has 0 aliphatic rings. The van der Waals surface area contributed by atoms with E-state index in [1.54, 1.807) is 60.7 Å². The van der Waals surface area contributed by atoms with E-state index >= 15 is 0 Å². The number of hydrogen-bond donors (Lipinski definition) is 2. The van der Waals surface area contributed by atoms with Crippen LogP contribution in [0.5, 0.6) is 11.5 Å². The molecule has 2 aromatic rings. The minimum Gasteiger partial charge on any atom is -0.508 e. The van der Waals surface area contributed by atoms with Crippen LogP contribution < -0.4 is 0 Å². The average molecular weight is 266 g/mol. The molecule has 0 aliphatic heterocycles. The summed E-state index contributed by atoms with van der Waals surface area (Å²) in [4.78, 5) is 11.7. The molecule has 0 bridgehead atoms. The summed E-state index contributed by atoms with van der Waals surface area (Å²) in [6, 6.07) is 13.3. The Labute approximate surface area is 117 Å². The van der Waals surface area contributed by atoms with E-state index in [1.165, 1.54) is 12.2 Å². The summed E-state index contributed by atoms with van der Waals surface area (Å²) in [6.07, 6.45) is 6.12. The van der Waals surface area contributed by atoms with Gasteiger partial charge in [0.2, 0.25) is 0 Å². The van der Waals surface area contributed by atoms with E-state index in [-0.39, 0.29) is 17.3 Å². The van der Waals surface area contributed by atoms with Gasteiger partial charge in [0.25, 0.3) is 0 Å². The molecule has 0 saturated carbocycles. The maximum absolute atomic E-state index is 11.7. The van der Waals surface area contributed by atoms with E-state index in [1.807, 2.05) is 0 Å². The van der Waals surface area contributed by atoms with Crippen molar-refractivity contribution in [3.63, 3.8) is 0 Å². The lowest BCUT2D eigenvalue weighted by molar-refractivity contribution is -0.110. The van der Waals surface area contributed by atoms with Crippen LogP contribution in [0.3, 0.4) is 0 Å². The molecule has 0 unspecified atom stereocenters. The number of aromatic hydroxyl groups is 2. The fourth-order valence-electron chi connectivity index (χ4n) is 1.67. The summed E-state index contributed by atoms with van der Waals surface area (Å²) >= 11 is 0. The molecule has 0 spiro atoms. The van der Waals surface area contributed by atoms with Crippen molar-refractivity contribution in [1.82, 2.24) is 0 Å². The highest BCUT2D eigenvalue weighted by Gasteiger charge is 1.93. The maximum Gasteiger partial charge on any atom is 0.178 e. The summed E-state index contributed by atoms with van der Waals surface area (Å²) in [7, 11) is 0. The summed E-state index contributed by atoms with van der Waals surface area (Å²) < 4.78 is 0. The highest BCUT2D eigenvalue weighted by Crippen LogP contribution is 2.13. The van der Waals surface area contributed by atoms with Crippen molar-refractivity contribution in [1.29, 1.82) is 0 Å². The van der Waals surface area contributed by atoms with Crippen LogP contribution in [0.15, 0.2) is 60.7 Å². The topological polar surface area (TPSA) is 57.5 Å². The van der Waals surface area contributed by atoms with Gasteiger partial charge in [0.1, 0.15) is 11.5 Å². The Hall–Kier alpha value is -2.81. The second-order valence-electron chi connectivity index (χ2n) is 4.26. The summed E-state index contributed by atoms with van der Waals surface area (Å²) in [5.41, 5.74) is 1.51. The molecule has 2 N–H and O–H groups in total. The number of phenols is 2. The van der Waals surface area contributed by atoms with Crippen LogP contribution in [0.1, 0.15) is 11.1 Å². The molecule has 100 valence electrons. The van der Waals surface area contributed by atoms with E-state index in [9.17, 15) is 15.0 Å². The third-order valence-electron chi connectivity index (χ3n) is 2.62. The normalized spacial score (nSPS) is 11.2. The predicted octanol–water partition coefficient (Wildman–Crippen LogP) is 3.39. The molecule has 0 fully saturated rings. The third kappa shape index (κ3) is 4.14. The Balaban J connectivity index is 2.02. The molecular formula is C17H14O3. The maximum atomic E-state index is 11.7. The van der Waals surface area contributed by atoms with E-state index < -0.39 is 0 Å². The zero-order valence-electron chi connectivity index (χ0n) is 10.7. The smallest absolute Gasteiger partial charge is 0.178 e. The molecule has 20 heavy (non-hydrogen) atoms. The van der Waals surface area contributed by atoms with Gasteiger partial charge < -0.3 is 10.2 Å². The Morgan fingerprint density at radius 1 is 0.800 bits per heavy atom. The zero-order chi connectivity index (χ0) is 14.4. The highest BCUT2D eigenvalue weighted by atomic mass is 16.3. The van der Waals surface area contributed by atoms with Crippen molar-refractivity contribution in [2.24, 2.45) is 0 Å². The first kappa shape index (κ1) is 13.6. The van der Waals surface area contributed by atoms with Gasteiger partial charge in [0.15, 0.2) is 5.78 Å². The number of rotatable bonds is 4. The van der Waals surface area contributed by atoms with Crippen molar-refractivity contribution in [3.8, 4) is 11.5 Å². The van der Waals surface area contributed by atoms with Crippen molar-refractivity contribution in [3.05, 3.63) is 71.8 Å². The molecule has 2 aromatic carbocycles. The summed E-state index contributed by atoms with van der Waals surface area (Å²) in [5, 5.41) is 18.6. The SMILES string of the molecule is O=C(/C=C/c1cccc(O)c1)/C=C/c1cccc(O)c1. The van der Waals surface area contributed by atoms with Crippen molar-refractivity contribution in [2.45, 2.75) is 0 Å². The van der Waals surface area contributed by atoms with Crippen LogP contribution in [-0.2, 0) is 4.79 Å². The number of phenolic OH excluding ortho intramolecular Hbond substituents is 2. The molecule has 0 atom stereocenters. The number of carbonyl (C=O) groups excluding carboxylic acids is 1. The monoisotopic (exact) mass is 266 g/mol. The molecule has 0 heterocycles. The first-order valence-electron chi connectivity index (χ1n) is 6.12. The first-order valence-corrected chi connectivity index (χ1v) is 6.12. The molecular weight excluding hydrogens is 252 g/mol. The second kappa shape index (κ2) is 6.38. The molecule has 0 amide bonds. The molecule has 0 aromatic heterocycles. The van der Waals surface area contributed by atoms with E-state index in [0.717, 1.165) is 11.1 Å². The Bertz CT molecular complexity index is 612. The number of ketones is 1. The van der Waals surface area contributed by atoms with Crippen LogP contribution in [-0.4, -0.2) is 16.0 Å². The predicted molar refractivity (Wildman–Crippen MR) is 79.3 cm³/mol. The molecule has 0 radical (unpaired) electrons. The Kier molecular flexibility index (Phi) is 4.35. The van der Waals surface area contributed by atoms with Gasteiger partial charge in [-0.3, -0.25) is 4.79 Å². The first-order chi connectivity index (χ1) is 9.63. The fourth-order valence-corrected chi connectivity index (χ4v) is 1.67. The minimum absolute atomic E-state index is 0.162. The molecule has 3 heteroatoms. The van der Waals surface area contributed by atoms with E-state index in [0.29, 0.717) is 0 Å². The fraction of sp³-hybridized carbons (Fsp3) is 0. The number of carbonyl (C=O) groups is 1. The Morgan fingerprint density at radius 3 is 1.65 bits per heavy atom. The van der Waals surface area contributed by atoms with Crippen LogP contribution in [0, 0.1) is 0 Å². The molecule has 0 aliphatic carbocycles. The minimum atomic E-state index is -0.170. The van der Waals surface area contributed by atoms with Gasteiger partial charge in [-0.1, -0.05) is 36.4 Å². The highest BCUT2D eigenvalue weighted by molar-refractivity contribution is 6.04. The number of benzene rings is 2. The van der Waals surface area contributed by atoms with Gasteiger partial charge in [0, 0.05) is 0 Å². The second-order valence-corrected chi connectivity index (χ2v) is 4.26. The lowest BCUT2D eigenvalue weighted by Gasteiger charge is -1.94. The third-order valence-corrected chi connectivity index (χ3v) is 2.62. The lowest BCUT2D eigenvalue weighted by atomic mass is 10.1. The van der Waals surface area contributed by atoms with Crippen LogP contribution in [0.25, 0.3) is 12.2 Å². The van der Waals surface area contributed by atoms with Gasteiger partial charge in [0.05, 0.1) is 0 Å². The van der Waals surface area contributed by atoms with Crippen molar-refractivity contribution >= 4 is 17.9 Å². The van der Waals surface area contributed by atoms with Crippen molar-refractivity contribution < 1.29 is 15.0 Å². The van der Waals surface area contributed by atoms with Gasteiger partial charge in [-0.2, -0.15) is 0 Å². The van der Waals surface area contributed by atoms with E-state index in [4.69, 9.17) is 0 Å². The van der Waals surface area contributed by atoms with Crippen LogP contribution in [0.2, 0.25) is 0 Å². The van der Waals surface area contributed by atoms with E-state index in [2.05, 4.69) is 0 Å². The van der Waals surface area contributed by atoms with Gasteiger partial charge in [-0.25, -0.2) is 0 Å². The molecule has 3 nitrogen and oxygen atoms in total. The summed E-state index contributed by atoms with van der Waals surface area (Å²) in [5.74, 6) is 0.154. The standard InChI is InChI=1S/C17H14O3/c18-15(9-7-13-3-1-5-16(19)11-13)10-8-14-4-2-6-17(20)12-14/h1-12,19-20H/b9-7+,10-8+. The zero-order valence-corrected chi connectivity index (χ0v) is 10.7. The largest absolute Gasteiger partial charge is 0.508 e. The average Bonchev–Trinajstić information content (AvgIpc) is 2.43. The van der Waals surface area contributed by atoms with Crippen LogP contribution >= 0.6 is 0 Å². The van der Waals surface area contributed by atoms with Crippen LogP contribution in [0.4, 0.5) is 0 Å². The number of hydrogen-bond acceptors (Lipinski definition) is 3. The Morgan fingerprint density at radius 2 is 1.25 bits per heavy atom. The quantitative estimate of drug-likeness (QED) is 0.834. The number of allylic oxidation sites excluding steroid dienone is 2. The van der Waals surface area contributed by atoms with Gasteiger partial charge >= 0.3 is 0 Å². The lowest BCUT2D eigenvalue weighted by Crippen LogP contribution is -1.84. The van der Waals surface area contributed by atoms with Gasteiger partial charge in [-0.15, -0.1) is 0 Å². The molecule has 2 rings (SSSR count). The summed E-state index contributed by atoms with van der Waals surface area (Å²) in [6.45, 7) is 0. The molecule has 0 saturated heterocycles. The van der Waals surface area contributed by atoms with Gasteiger partial charge in [-0.05, 0) is 47.5 Å².